The van der Waals surface area contributed by atoms with E-state index in [-0.39, 0.29) is 0 Å². The van der Waals surface area contributed by atoms with Crippen LogP contribution in [0.15, 0.2) is 18.2 Å². The molecule has 0 radical (unpaired) electrons. The number of aryl methyl sites for hydroxylation is 1. The maximum absolute atomic E-state index is 5.21. The summed E-state index contributed by atoms with van der Waals surface area (Å²) < 4.78 is 5.21. The van der Waals surface area contributed by atoms with E-state index < -0.39 is 0 Å². The maximum atomic E-state index is 5.21. The van der Waals surface area contributed by atoms with Gasteiger partial charge in [0.05, 0.1) is 12.7 Å². The zero-order valence-electron chi connectivity index (χ0n) is 8.50. The summed E-state index contributed by atoms with van der Waals surface area (Å²) in [6.45, 7) is 2.04. The second-order valence-electron chi connectivity index (χ2n) is 2.98. The first-order chi connectivity index (χ1) is 6.77. The molecule has 0 atom stereocenters. The molecule has 0 fully saturated rings. The molecule has 0 aliphatic heterocycles. The SMILES string of the molecule is COc1ccc(C)cc1C#CCCS. The van der Waals surface area contributed by atoms with Gasteiger partial charge in [-0.1, -0.05) is 17.9 Å². The van der Waals surface area contributed by atoms with E-state index in [1.807, 2.05) is 25.1 Å². The molecule has 1 nitrogen and oxygen atoms in total. The first-order valence-corrected chi connectivity index (χ1v) is 5.15. The lowest BCUT2D eigenvalue weighted by Gasteiger charge is -2.03. The molecular formula is C12H14OS. The van der Waals surface area contributed by atoms with Crippen molar-refractivity contribution in [1.29, 1.82) is 0 Å². The standard InChI is InChI=1S/C12H14OS/c1-10-6-7-12(13-2)11(9-10)5-3-4-8-14/h6-7,9,14H,4,8H2,1-2H3. The Hall–Kier alpha value is -1.07. The van der Waals surface area contributed by atoms with Crippen LogP contribution in [0.25, 0.3) is 0 Å². The predicted molar refractivity (Wildman–Crippen MR) is 63.1 cm³/mol. The zero-order valence-corrected chi connectivity index (χ0v) is 9.40. The molecule has 0 aliphatic rings. The van der Waals surface area contributed by atoms with Crippen molar-refractivity contribution in [2.24, 2.45) is 0 Å². The first-order valence-electron chi connectivity index (χ1n) is 4.52. The van der Waals surface area contributed by atoms with Crippen LogP contribution in [0.3, 0.4) is 0 Å². The number of methoxy groups -OCH3 is 1. The molecule has 1 aromatic rings. The minimum Gasteiger partial charge on any atom is -0.495 e. The minimum atomic E-state index is 0.793. The number of hydrogen-bond donors (Lipinski definition) is 1. The van der Waals surface area contributed by atoms with Crippen LogP contribution in [0, 0.1) is 18.8 Å². The summed E-state index contributed by atoms with van der Waals surface area (Å²) >= 11 is 4.10. The third kappa shape index (κ3) is 3.01. The van der Waals surface area contributed by atoms with Crippen molar-refractivity contribution >= 4 is 12.6 Å². The van der Waals surface area contributed by atoms with Crippen molar-refractivity contribution < 1.29 is 4.74 Å². The van der Waals surface area contributed by atoms with E-state index in [9.17, 15) is 0 Å². The van der Waals surface area contributed by atoms with E-state index >= 15 is 0 Å². The van der Waals surface area contributed by atoms with Gasteiger partial charge in [0, 0.05) is 12.2 Å². The molecule has 0 spiro atoms. The normalized spacial score (nSPS) is 9.07. The van der Waals surface area contributed by atoms with Crippen LogP contribution in [-0.4, -0.2) is 12.9 Å². The van der Waals surface area contributed by atoms with Crippen molar-refractivity contribution in [2.45, 2.75) is 13.3 Å². The number of rotatable bonds is 2. The lowest BCUT2D eigenvalue weighted by atomic mass is 10.1. The molecule has 0 bridgehead atoms. The second kappa shape index (κ2) is 5.62. The van der Waals surface area contributed by atoms with Crippen LogP contribution in [-0.2, 0) is 0 Å². The van der Waals surface area contributed by atoms with Gasteiger partial charge in [-0.2, -0.15) is 12.6 Å². The lowest BCUT2D eigenvalue weighted by Crippen LogP contribution is -1.88. The summed E-state index contributed by atoms with van der Waals surface area (Å²) in [5.74, 6) is 7.76. The Morgan fingerprint density at radius 3 is 2.86 bits per heavy atom. The summed E-state index contributed by atoms with van der Waals surface area (Å²) in [5.41, 5.74) is 2.15. The molecule has 0 aromatic heterocycles. The van der Waals surface area contributed by atoms with Crippen LogP contribution in [0.2, 0.25) is 0 Å². The fourth-order valence-electron chi connectivity index (χ4n) is 1.13. The van der Waals surface area contributed by atoms with Crippen LogP contribution >= 0.6 is 12.6 Å². The van der Waals surface area contributed by atoms with Gasteiger partial charge in [0.2, 0.25) is 0 Å². The molecule has 0 saturated carbocycles. The van der Waals surface area contributed by atoms with Crippen molar-refractivity contribution in [3.63, 3.8) is 0 Å². The van der Waals surface area contributed by atoms with Gasteiger partial charge in [0.15, 0.2) is 0 Å². The number of benzene rings is 1. The van der Waals surface area contributed by atoms with Gasteiger partial charge in [-0.05, 0) is 24.6 Å². The van der Waals surface area contributed by atoms with Gasteiger partial charge in [0.1, 0.15) is 5.75 Å². The van der Waals surface area contributed by atoms with Crippen molar-refractivity contribution in [3.8, 4) is 17.6 Å². The minimum absolute atomic E-state index is 0.793. The third-order valence-electron chi connectivity index (χ3n) is 1.81. The van der Waals surface area contributed by atoms with Crippen molar-refractivity contribution in [1.82, 2.24) is 0 Å². The monoisotopic (exact) mass is 206 g/mol. The summed E-state index contributed by atoms with van der Waals surface area (Å²) in [5, 5.41) is 0. The van der Waals surface area contributed by atoms with Gasteiger partial charge in [-0.25, -0.2) is 0 Å². The Morgan fingerprint density at radius 2 is 2.21 bits per heavy atom. The van der Waals surface area contributed by atoms with Crippen LogP contribution in [0.5, 0.6) is 5.75 Å². The molecule has 0 aliphatic carbocycles. The molecule has 1 rings (SSSR count). The fourth-order valence-corrected chi connectivity index (χ4v) is 1.24. The van der Waals surface area contributed by atoms with E-state index in [1.54, 1.807) is 7.11 Å². The highest BCUT2D eigenvalue weighted by Crippen LogP contribution is 2.18. The van der Waals surface area contributed by atoms with E-state index in [1.165, 1.54) is 5.56 Å². The Labute approximate surface area is 90.9 Å². The van der Waals surface area contributed by atoms with E-state index in [4.69, 9.17) is 4.74 Å². The fraction of sp³-hybridized carbons (Fsp3) is 0.333. The highest BCUT2D eigenvalue weighted by atomic mass is 32.1. The molecule has 2 heteroatoms. The van der Waals surface area contributed by atoms with Gasteiger partial charge >= 0.3 is 0 Å². The van der Waals surface area contributed by atoms with Crippen LogP contribution in [0.4, 0.5) is 0 Å². The molecule has 0 amide bonds. The van der Waals surface area contributed by atoms with E-state index in [2.05, 4.69) is 24.5 Å². The largest absolute Gasteiger partial charge is 0.495 e. The average Bonchev–Trinajstić information content (AvgIpc) is 2.19. The average molecular weight is 206 g/mol. The second-order valence-corrected chi connectivity index (χ2v) is 3.43. The molecule has 0 heterocycles. The molecular weight excluding hydrogens is 192 g/mol. The van der Waals surface area contributed by atoms with E-state index in [0.717, 1.165) is 23.5 Å². The molecule has 74 valence electrons. The van der Waals surface area contributed by atoms with E-state index in [0.29, 0.717) is 0 Å². The number of thiol groups is 1. The Balaban J connectivity index is 2.94. The molecule has 0 saturated heterocycles. The molecule has 0 unspecified atom stereocenters. The van der Waals surface area contributed by atoms with Crippen LogP contribution in [0.1, 0.15) is 17.5 Å². The van der Waals surface area contributed by atoms with Gasteiger partial charge in [-0.15, -0.1) is 0 Å². The third-order valence-corrected chi connectivity index (χ3v) is 2.04. The summed E-state index contributed by atoms with van der Waals surface area (Å²) in [6, 6.07) is 5.99. The number of hydrogen-bond acceptors (Lipinski definition) is 2. The maximum Gasteiger partial charge on any atom is 0.134 e. The number of ether oxygens (including phenoxy) is 1. The molecule has 0 N–H and O–H groups in total. The Bertz CT molecular complexity index is 360. The van der Waals surface area contributed by atoms with Crippen molar-refractivity contribution in [2.75, 3.05) is 12.9 Å². The smallest absolute Gasteiger partial charge is 0.134 e. The Morgan fingerprint density at radius 1 is 1.43 bits per heavy atom. The van der Waals surface area contributed by atoms with Gasteiger partial charge in [-0.3, -0.25) is 0 Å². The quantitative estimate of drug-likeness (QED) is 0.578. The summed E-state index contributed by atoms with van der Waals surface area (Å²) in [4.78, 5) is 0. The first kappa shape index (κ1) is 11.0. The zero-order chi connectivity index (χ0) is 10.4. The summed E-state index contributed by atoms with van der Waals surface area (Å²) in [7, 11) is 1.66. The highest BCUT2D eigenvalue weighted by molar-refractivity contribution is 7.80. The topological polar surface area (TPSA) is 9.23 Å². The predicted octanol–water partition coefficient (Wildman–Crippen LogP) is 2.68. The van der Waals surface area contributed by atoms with Crippen LogP contribution < -0.4 is 4.74 Å². The lowest BCUT2D eigenvalue weighted by molar-refractivity contribution is 0.413. The van der Waals surface area contributed by atoms with Gasteiger partial charge < -0.3 is 4.74 Å². The highest BCUT2D eigenvalue weighted by Gasteiger charge is 1.98. The van der Waals surface area contributed by atoms with Crippen molar-refractivity contribution in [3.05, 3.63) is 29.3 Å². The van der Waals surface area contributed by atoms with Gasteiger partial charge in [0.25, 0.3) is 0 Å². The Kier molecular flexibility index (Phi) is 4.42. The molecule has 1 aromatic carbocycles. The summed E-state index contributed by atoms with van der Waals surface area (Å²) in [6.07, 6.45) is 0.806. The molecule has 14 heavy (non-hydrogen) atoms.